The summed E-state index contributed by atoms with van der Waals surface area (Å²) in [6.45, 7) is 5.67. The third-order valence-electron chi connectivity index (χ3n) is 3.02. The fraction of sp³-hybridized carbons (Fsp3) is 0.538. The number of nitrogens with two attached hydrogens (primary N) is 1. The van der Waals surface area contributed by atoms with Gasteiger partial charge in [-0.15, -0.1) is 0 Å². The van der Waals surface area contributed by atoms with Crippen molar-refractivity contribution in [1.82, 2.24) is 4.72 Å². The Hall–Kier alpha value is -0.630. The van der Waals surface area contributed by atoms with Gasteiger partial charge < -0.3 is 10.8 Å². The van der Waals surface area contributed by atoms with Crippen molar-refractivity contribution in [2.24, 2.45) is 5.41 Å². The van der Waals surface area contributed by atoms with Crippen LogP contribution in [0.2, 0.25) is 0 Å². The molecule has 7 heteroatoms. The van der Waals surface area contributed by atoms with Gasteiger partial charge in [0.25, 0.3) is 0 Å². The van der Waals surface area contributed by atoms with E-state index in [1.165, 1.54) is 6.07 Å². The lowest BCUT2D eigenvalue weighted by atomic mass is 9.86. The Kier molecular flexibility index (Phi) is 5.60. The van der Waals surface area contributed by atoms with Gasteiger partial charge in [-0.3, -0.25) is 0 Å². The number of rotatable bonds is 5. The topological polar surface area (TPSA) is 92.4 Å². The maximum absolute atomic E-state index is 12.4. The maximum Gasteiger partial charge on any atom is 0.242 e. The zero-order valence-electron chi connectivity index (χ0n) is 11.9. The van der Waals surface area contributed by atoms with E-state index in [9.17, 15) is 8.42 Å². The molecule has 1 rings (SSSR count). The maximum atomic E-state index is 12.4. The molecule has 0 aliphatic heterocycles. The minimum atomic E-state index is -3.72. The van der Waals surface area contributed by atoms with Crippen LogP contribution in [0.1, 0.15) is 27.2 Å². The van der Waals surface area contributed by atoms with Crippen LogP contribution in [-0.4, -0.2) is 26.2 Å². The molecule has 1 unspecified atom stereocenters. The summed E-state index contributed by atoms with van der Waals surface area (Å²) in [5.41, 5.74) is 5.65. The lowest BCUT2D eigenvalue weighted by molar-refractivity contribution is 0.214. The van der Waals surface area contributed by atoms with Gasteiger partial charge in [-0.2, -0.15) is 0 Å². The lowest BCUT2D eigenvalue weighted by Crippen LogP contribution is -2.44. The summed E-state index contributed by atoms with van der Waals surface area (Å²) < 4.78 is 28.2. The van der Waals surface area contributed by atoms with E-state index in [0.29, 0.717) is 6.42 Å². The second-order valence-corrected chi connectivity index (χ2v) is 8.33. The molecule has 0 saturated heterocycles. The van der Waals surface area contributed by atoms with Gasteiger partial charge in [0.2, 0.25) is 10.0 Å². The Morgan fingerprint density at radius 1 is 1.40 bits per heavy atom. The highest BCUT2D eigenvalue weighted by atomic mass is 79.9. The first-order chi connectivity index (χ1) is 9.08. The number of halogens is 1. The molecule has 4 N–H and O–H groups in total. The van der Waals surface area contributed by atoms with Gasteiger partial charge in [0.15, 0.2) is 0 Å². The molecule has 5 nitrogen and oxygen atoms in total. The molecule has 0 aliphatic rings. The van der Waals surface area contributed by atoms with E-state index in [2.05, 4.69) is 20.7 Å². The van der Waals surface area contributed by atoms with Crippen LogP contribution in [0.4, 0.5) is 5.69 Å². The molecular formula is C13H21BrN2O3S. The van der Waals surface area contributed by atoms with Crippen molar-refractivity contribution >= 4 is 31.6 Å². The Morgan fingerprint density at radius 2 is 2.00 bits per heavy atom. The zero-order chi connectivity index (χ0) is 15.6. The molecule has 0 fully saturated rings. The van der Waals surface area contributed by atoms with Gasteiger partial charge in [0, 0.05) is 17.1 Å². The average molecular weight is 365 g/mol. The van der Waals surface area contributed by atoms with Crippen molar-refractivity contribution in [3.05, 3.63) is 22.7 Å². The molecule has 1 aromatic rings. The number of sulfonamides is 1. The van der Waals surface area contributed by atoms with Gasteiger partial charge in [0.05, 0.1) is 5.69 Å². The molecule has 0 spiro atoms. The van der Waals surface area contributed by atoms with Crippen LogP contribution >= 0.6 is 15.9 Å². The van der Waals surface area contributed by atoms with Crippen LogP contribution in [-0.2, 0) is 10.0 Å². The third-order valence-corrected chi connectivity index (χ3v) is 5.06. The van der Waals surface area contributed by atoms with Crippen LogP contribution in [0.3, 0.4) is 0 Å². The summed E-state index contributed by atoms with van der Waals surface area (Å²) in [7, 11) is -3.72. The minimum Gasteiger partial charge on any atom is -0.398 e. The minimum absolute atomic E-state index is 0.0490. The molecule has 1 atom stereocenters. The fourth-order valence-corrected chi connectivity index (χ4v) is 3.78. The molecule has 0 aliphatic carbocycles. The second kappa shape index (κ2) is 6.43. The highest BCUT2D eigenvalue weighted by Crippen LogP contribution is 2.26. The van der Waals surface area contributed by atoms with Gasteiger partial charge in [-0.05, 0) is 30.0 Å². The van der Waals surface area contributed by atoms with Gasteiger partial charge in [0.1, 0.15) is 4.90 Å². The molecule has 0 amide bonds. The first-order valence-corrected chi connectivity index (χ1v) is 8.54. The van der Waals surface area contributed by atoms with Crippen molar-refractivity contribution in [1.29, 1.82) is 0 Å². The summed E-state index contributed by atoms with van der Waals surface area (Å²) >= 11 is 3.24. The van der Waals surface area contributed by atoms with Crippen molar-refractivity contribution in [2.75, 3.05) is 12.3 Å². The van der Waals surface area contributed by atoms with E-state index in [1.807, 2.05) is 20.8 Å². The number of nitrogens with one attached hydrogen (secondary N) is 1. The van der Waals surface area contributed by atoms with E-state index in [4.69, 9.17) is 10.8 Å². The number of hydrogen-bond acceptors (Lipinski definition) is 4. The van der Waals surface area contributed by atoms with Crippen LogP contribution in [0.25, 0.3) is 0 Å². The lowest BCUT2D eigenvalue weighted by Gasteiger charge is -2.31. The average Bonchev–Trinajstić information content (AvgIpc) is 2.26. The normalized spacial score (nSPS) is 14.2. The highest BCUT2D eigenvalue weighted by Gasteiger charge is 2.30. The van der Waals surface area contributed by atoms with Gasteiger partial charge >= 0.3 is 0 Å². The molecule has 0 bridgehead atoms. The smallest absolute Gasteiger partial charge is 0.242 e. The summed E-state index contributed by atoms with van der Waals surface area (Å²) in [6, 6.07) is 4.26. The third kappa shape index (κ3) is 4.44. The second-order valence-electron chi connectivity index (χ2n) is 5.73. The van der Waals surface area contributed by atoms with E-state index >= 15 is 0 Å². The molecular weight excluding hydrogens is 344 g/mol. The number of benzene rings is 1. The molecule has 114 valence electrons. The van der Waals surface area contributed by atoms with Crippen LogP contribution in [0.15, 0.2) is 27.6 Å². The van der Waals surface area contributed by atoms with E-state index < -0.39 is 10.0 Å². The Morgan fingerprint density at radius 3 is 2.45 bits per heavy atom. The Balaban J connectivity index is 3.10. The summed E-state index contributed by atoms with van der Waals surface area (Å²) in [5.74, 6) is 0. The van der Waals surface area contributed by atoms with Crippen LogP contribution < -0.4 is 10.5 Å². The van der Waals surface area contributed by atoms with Crippen LogP contribution in [0, 0.1) is 5.41 Å². The standard InChI is InChI=1S/C13H21BrN2O3S/c1-13(2,3)12(6-7-17)16-20(18,19)11-5-4-9(14)8-10(11)15/h4-5,8,12,16-17H,6-7,15H2,1-3H3. The first-order valence-electron chi connectivity index (χ1n) is 6.26. The largest absolute Gasteiger partial charge is 0.398 e. The quantitative estimate of drug-likeness (QED) is 0.697. The van der Waals surface area contributed by atoms with Crippen molar-refractivity contribution in [2.45, 2.75) is 38.1 Å². The van der Waals surface area contributed by atoms with E-state index in [-0.39, 0.29) is 28.6 Å². The number of aliphatic hydroxyl groups excluding tert-OH is 1. The van der Waals surface area contributed by atoms with Gasteiger partial charge in [-0.1, -0.05) is 36.7 Å². The molecule has 0 radical (unpaired) electrons. The monoisotopic (exact) mass is 364 g/mol. The van der Waals surface area contributed by atoms with Crippen molar-refractivity contribution in [3.8, 4) is 0 Å². The number of anilines is 1. The summed E-state index contributed by atoms with van der Waals surface area (Å²) in [4.78, 5) is 0.0490. The van der Waals surface area contributed by atoms with Crippen molar-refractivity contribution < 1.29 is 13.5 Å². The predicted molar refractivity (Wildman–Crippen MR) is 83.8 cm³/mol. The molecule has 0 heterocycles. The zero-order valence-corrected chi connectivity index (χ0v) is 14.3. The summed E-state index contributed by atoms with van der Waals surface area (Å²) in [5, 5.41) is 9.09. The van der Waals surface area contributed by atoms with E-state index in [0.717, 1.165) is 4.47 Å². The predicted octanol–water partition coefficient (Wildman–Crippen LogP) is 2.11. The Bertz CT molecular complexity index is 567. The summed E-state index contributed by atoms with van der Waals surface area (Å²) in [6.07, 6.45) is 0.346. The fourth-order valence-electron chi connectivity index (χ4n) is 1.81. The Labute approximate surface area is 128 Å². The first kappa shape index (κ1) is 17.4. The molecule has 1 aromatic carbocycles. The highest BCUT2D eigenvalue weighted by molar-refractivity contribution is 9.10. The molecule has 0 aromatic heterocycles. The van der Waals surface area contributed by atoms with E-state index in [1.54, 1.807) is 12.1 Å². The van der Waals surface area contributed by atoms with Crippen molar-refractivity contribution in [3.63, 3.8) is 0 Å². The molecule has 20 heavy (non-hydrogen) atoms. The molecule has 0 saturated carbocycles. The van der Waals surface area contributed by atoms with Gasteiger partial charge in [-0.25, -0.2) is 13.1 Å². The van der Waals surface area contributed by atoms with Crippen LogP contribution in [0.5, 0.6) is 0 Å². The number of nitrogen functional groups attached to an aromatic ring is 1. The SMILES string of the molecule is CC(C)(C)C(CCO)NS(=O)(=O)c1ccc(Br)cc1N. The number of aliphatic hydroxyl groups is 1. The number of hydrogen-bond donors (Lipinski definition) is 3.